The first-order valence-electron chi connectivity index (χ1n) is 8.81. The average molecular weight is 390 g/mol. The Hall–Kier alpha value is -2.69. The Morgan fingerprint density at radius 1 is 0.926 bits per heavy atom. The maximum absolute atomic E-state index is 6.15. The largest absolute Gasteiger partial charge is 0.231 e. The highest BCUT2D eigenvalue weighted by Gasteiger charge is 2.31. The highest BCUT2D eigenvalue weighted by molar-refractivity contribution is 7.22. The van der Waals surface area contributed by atoms with E-state index < -0.39 is 0 Å². The van der Waals surface area contributed by atoms with Gasteiger partial charge >= 0.3 is 0 Å². The maximum Gasteiger partial charge on any atom is 0.207 e. The highest BCUT2D eigenvalue weighted by atomic mass is 35.5. The summed E-state index contributed by atoms with van der Waals surface area (Å²) in [5, 5.41) is 8.66. The third-order valence-corrected chi connectivity index (χ3v) is 5.98. The van der Waals surface area contributed by atoms with E-state index >= 15 is 0 Å². The van der Waals surface area contributed by atoms with Gasteiger partial charge in [-0.1, -0.05) is 83.6 Å². The van der Waals surface area contributed by atoms with Crippen LogP contribution >= 0.6 is 22.9 Å². The van der Waals surface area contributed by atoms with E-state index in [1.165, 1.54) is 5.56 Å². The number of hydrogen-bond acceptors (Lipinski definition) is 4. The first kappa shape index (κ1) is 16.5. The van der Waals surface area contributed by atoms with Crippen molar-refractivity contribution in [3.8, 4) is 0 Å². The fourth-order valence-electron chi connectivity index (χ4n) is 3.41. The normalized spacial score (nSPS) is 16.7. The lowest BCUT2D eigenvalue weighted by atomic mass is 9.99. The van der Waals surface area contributed by atoms with Gasteiger partial charge < -0.3 is 0 Å². The van der Waals surface area contributed by atoms with Crippen molar-refractivity contribution < 1.29 is 0 Å². The van der Waals surface area contributed by atoms with Crippen LogP contribution in [0.15, 0.2) is 84.0 Å². The number of nitrogens with zero attached hydrogens (tertiary/aromatic N) is 3. The number of hydrazone groups is 1. The highest BCUT2D eigenvalue weighted by Crippen LogP contribution is 2.40. The summed E-state index contributed by atoms with van der Waals surface area (Å²) in [6.45, 7) is 0. The Balaban J connectivity index is 1.61. The van der Waals surface area contributed by atoms with E-state index in [0.29, 0.717) is 0 Å². The molecule has 0 bridgehead atoms. The van der Waals surface area contributed by atoms with Gasteiger partial charge in [0.15, 0.2) is 0 Å². The van der Waals surface area contributed by atoms with Crippen molar-refractivity contribution in [2.24, 2.45) is 5.10 Å². The smallest absolute Gasteiger partial charge is 0.207 e. The Bertz CT molecular complexity index is 1120. The molecule has 0 amide bonds. The molecular formula is C22H16ClN3S. The molecule has 0 saturated carbocycles. The van der Waals surface area contributed by atoms with Crippen molar-refractivity contribution in [1.29, 1.82) is 0 Å². The summed E-state index contributed by atoms with van der Waals surface area (Å²) in [4.78, 5) is 4.82. The zero-order valence-corrected chi connectivity index (χ0v) is 16.0. The summed E-state index contributed by atoms with van der Waals surface area (Å²) in [6.07, 6.45) is 0.852. The first-order valence-corrected chi connectivity index (χ1v) is 10.0. The van der Waals surface area contributed by atoms with E-state index in [9.17, 15) is 0 Å². The Labute approximate surface area is 166 Å². The molecule has 1 aromatic heterocycles. The summed E-state index contributed by atoms with van der Waals surface area (Å²) in [7, 11) is 0. The van der Waals surface area contributed by atoms with E-state index in [1.807, 2.05) is 30.3 Å². The summed E-state index contributed by atoms with van der Waals surface area (Å²) in [5.74, 6) is 0. The lowest BCUT2D eigenvalue weighted by Crippen LogP contribution is -2.18. The zero-order chi connectivity index (χ0) is 18.2. The Morgan fingerprint density at radius 2 is 1.67 bits per heavy atom. The number of benzene rings is 3. The van der Waals surface area contributed by atoms with Crippen molar-refractivity contribution in [1.82, 2.24) is 4.98 Å². The van der Waals surface area contributed by atoms with Crippen molar-refractivity contribution in [2.45, 2.75) is 12.5 Å². The molecule has 1 aliphatic heterocycles. The van der Waals surface area contributed by atoms with Gasteiger partial charge in [-0.3, -0.25) is 0 Å². The third-order valence-electron chi connectivity index (χ3n) is 4.74. The second-order valence-electron chi connectivity index (χ2n) is 6.50. The quantitative estimate of drug-likeness (QED) is 0.411. The van der Waals surface area contributed by atoms with Crippen LogP contribution in [0.5, 0.6) is 0 Å². The van der Waals surface area contributed by atoms with Crippen LogP contribution in [0, 0.1) is 0 Å². The molecule has 0 spiro atoms. The Kier molecular flexibility index (Phi) is 4.15. The predicted molar refractivity (Wildman–Crippen MR) is 114 cm³/mol. The predicted octanol–water partition coefficient (Wildman–Crippen LogP) is 6.31. The van der Waals surface area contributed by atoms with Gasteiger partial charge in [-0.25, -0.2) is 9.99 Å². The minimum absolute atomic E-state index is 0.137. The molecule has 0 fully saturated rings. The SMILES string of the molecule is Clc1ccc2nc(N3N=C(c4ccccc4)CC3c3ccccc3)sc2c1. The van der Waals surface area contributed by atoms with Gasteiger partial charge in [-0.2, -0.15) is 5.10 Å². The van der Waals surface area contributed by atoms with Crippen molar-refractivity contribution in [2.75, 3.05) is 5.01 Å². The Morgan fingerprint density at radius 3 is 2.44 bits per heavy atom. The maximum atomic E-state index is 6.15. The fourth-order valence-corrected chi connectivity index (χ4v) is 4.65. The number of thiazole rings is 1. The summed E-state index contributed by atoms with van der Waals surface area (Å²) in [5.41, 5.74) is 4.44. The van der Waals surface area contributed by atoms with Crippen molar-refractivity contribution >= 4 is 44.0 Å². The molecule has 2 heterocycles. The van der Waals surface area contributed by atoms with Crippen LogP contribution in [-0.2, 0) is 0 Å². The fraction of sp³-hybridized carbons (Fsp3) is 0.0909. The van der Waals surface area contributed by atoms with E-state index in [0.717, 1.165) is 38.1 Å². The molecular weight excluding hydrogens is 374 g/mol. The first-order chi connectivity index (χ1) is 13.3. The molecule has 0 aliphatic carbocycles. The van der Waals surface area contributed by atoms with Crippen LogP contribution in [0.2, 0.25) is 5.02 Å². The standard InChI is InChI=1S/C22H16ClN3S/c23-17-11-12-18-21(13-17)27-22(24-18)26-20(16-9-5-2-6-10-16)14-19(25-26)15-7-3-1-4-8-15/h1-13,20H,14H2. The van der Waals surface area contributed by atoms with Gasteiger partial charge in [-0.05, 0) is 29.3 Å². The number of aromatic nitrogens is 1. The lowest BCUT2D eigenvalue weighted by Gasteiger charge is -2.21. The van der Waals surface area contributed by atoms with E-state index in [4.69, 9.17) is 21.7 Å². The van der Waals surface area contributed by atoms with Crippen LogP contribution in [-0.4, -0.2) is 10.7 Å². The topological polar surface area (TPSA) is 28.5 Å². The summed E-state index contributed by atoms with van der Waals surface area (Å²) in [6, 6.07) is 26.8. The van der Waals surface area contributed by atoms with Crippen LogP contribution in [0.4, 0.5) is 5.13 Å². The molecule has 0 saturated heterocycles. The van der Waals surface area contributed by atoms with Gasteiger partial charge in [0.2, 0.25) is 5.13 Å². The molecule has 5 rings (SSSR count). The number of halogens is 1. The van der Waals surface area contributed by atoms with Gasteiger partial charge in [0.1, 0.15) is 0 Å². The number of anilines is 1. The molecule has 3 nitrogen and oxygen atoms in total. The van der Waals surface area contributed by atoms with Gasteiger partial charge in [0.25, 0.3) is 0 Å². The summed E-state index contributed by atoms with van der Waals surface area (Å²) >= 11 is 7.78. The molecule has 1 aliphatic rings. The molecule has 1 unspecified atom stereocenters. The van der Waals surface area contributed by atoms with Crippen molar-refractivity contribution in [3.05, 3.63) is 95.0 Å². The van der Waals surface area contributed by atoms with Crippen LogP contribution in [0.25, 0.3) is 10.2 Å². The molecule has 5 heteroatoms. The second-order valence-corrected chi connectivity index (χ2v) is 7.94. The molecule has 0 N–H and O–H groups in total. The number of rotatable bonds is 3. The van der Waals surface area contributed by atoms with E-state index in [-0.39, 0.29) is 6.04 Å². The molecule has 27 heavy (non-hydrogen) atoms. The average Bonchev–Trinajstić information content (AvgIpc) is 3.33. The van der Waals surface area contributed by atoms with Gasteiger partial charge in [0, 0.05) is 11.4 Å². The third kappa shape index (κ3) is 3.11. The minimum atomic E-state index is 0.137. The van der Waals surface area contributed by atoms with Crippen LogP contribution < -0.4 is 5.01 Å². The minimum Gasteiger partial charge on any atom is -0.231 e. The molecule has 132 valence electrons. The van der Waals surface area contributed by atoms with Crippen LogP contribution in [0.3, 0.4) is 0 Å². The number of fused-ring (bicyclic) bond motifs is 1. The lowest BCUT2D eigenvalue weighted by molar-refractivity contribution is 0.707. The summed E-state index contributed by atoms with van der Waals surface area (Å²) < 4.78 is 1.08. The van der Waals surface area contributed by atoms with Crippen LogP contribution in [0.1, 0.15) is 23.6 Å². The van der Waals surface area contributed by atoms with Gasteiger partial charge in [0.05, 0.1) is 22.0 Å². The van der Waals surface area contributed by atoms with Crippen molar-refractivity contribution in [3.63, 3.8) is 0 Å². The molecule has 4 aromatic rings. The molecule has 1 atom stereocenters. The zero-order valence-electron chi connectivity index (χ0n) is 14.4. The molecule has 3 aromatic carbocycles. The van der Waals surface area contributed by atoms with Gasteiger partial charge in [-0.15, -0.1) is 0 Å². The van der Waals surface area contributed by atoms with E-state index in [1.54, 1.807) is 11.3 Å². The monoisotopic (exact) mass is 389 g/mol. The number of hydrogen-bond donors (Lipinski definition) is 0. The molecule has 0 radical (unpaired) electrons. The van der Waals surface area contributed by atoms with E-state index in [2.05, 4.69) is 53.5 Å². The second kappa shape index (κ2) is 6.80.